The van der Waals surface area contributed by atoms with Crippen LogP contribution in [-0.2, 0) is 0 Å². The zero-order chi connectivity index (χ0) is 11.8. The smallest absolute Gasteiger partial charge is 0.281 e. The molecule has 0 spiro atoms. The Kier molecular flexibility index (Phi) is 2.32. The minimum atomic E-state index is -2.43. The van der Waals surface area contributed by atoms with Crippen molar-refractivity contribution in [2.24, 2.45) is 0 Å². The monoisotopic (exact) mass is 226 g/mol. The molecule has 0 atom stereocenters. The second-order valence-corrected chi connectivity index (χ2v) is 4.07. The van der Waals surface area contributed by atoms with Crippen molar-refractivity contribution in [2.45, 2.75) is 0 Å². The van der Waals surface area contributed by atoms with Gasteiger partial charge in [-0.1, -0.05) is 42.5 Å². The minimum absolute atomic E-state index is 0.105. The third-order valence-electron chi connectivity index (χ3n) is 3.02. The molecule has 0 radical (unpaired) electrons. The van der Waals surface area contributed by atoms with E-state index in [2.05, 4.69) is 0 Å². The molecule has 0 aromatic heterocycles. The van der Waals surface area contributed by atoms with Gasteiger partial charge in [-0.25, -0.2) is 0 Å². The van der Waals surface area contributed by atoms with Crippen LogP contribution >= 0.6 is 0 Å². The second-order valence-electron chi connectivity index (χ2n) is 4.07. The lowest BCUT2D eigenvalue weighted by molar-refractivity contribution is 0.685. The van der Waals surface area contributed by atoms with Gasteiger partial charge in [-0.15, -0.1) is 0 Å². The molecule has 3 rings (SSSR count). The summed E-state index contributed by atoms with van der Waals surface area (Å²) in [6.07, 6.45) is 0. The van der Waals surface area contributed by atoms with Gasteiger partial charge in [0.2, 0.25) is 0 Å². The zero-order valence-electron chi connectivity index (χ0n) is 9.03. The van der Waals surface area contributed by atoms with Crippen molar-refractivity contribution in [3.8, 4) is 0 Å². The molecule has 3 aromatic rings. The third kappa shape index (κ3) is 1.68. The summed E-state index contributed by atoms with van der Waals surface area (Å²) in [5, 5.41) is 3.57. The first-order valence-electron chi connectivity index (χ1n) is 5.45. The van der Waals surface area contributed by atoms with Crippen molar-refractivity contribution in [1.29, 1.82) is 0 Å². The molecule has 3 aromatic carbocycles. The molecule has 0 heterocycles. The number of rotatable bonds is 1. The Balaban J connectivity index is 2.43. The van der Waals surface area contributed by atoms with Crippen LogP contribution in [0.15, 0.2) is 54.6 Å². The topological polar surface area (TPSA) is 0 Å². The SMILES string of the molecule is FB(F)c1cccc2cc3ccccc3cc12. The van der Waals surface area contributed by atoms with Gasteiger partial charge in [0.25, 0.3) is 0 Å². The average Bonchev–Trinajstić information content (AvgIpc) is 2.35. The molecule has 0 aliphatic rings. The molecule has 0 aliphatic heterocycles. The van der Waals surface area contributed by atoms with E-state index in [1.54, 1.807) is 6.07 Å². The van der Waals surface area contributed by atoms with Crippen molar-refractivity contribution < 1.29 is 8.63 Å². The van der Waals surface area contributed by atoms with Crippen molar-refractivity contribution >= 4 is 34.3 Å². The van der Waals surface area contributed by atoms with Crippen LogP contribution in [0.3, 0.4) is 0 Å². The summed E-state index contributed by atoms with van der Waals surface area (Å²) >= 11 is 0. The predicted octanol–water partition coefficient (Wildman–Crippen LogP) is 3.63. The molecule has 0 nitrogen and oxygen atoms in total. The van der Waals surface area contributed by atoms with Crippen LogP contribution in [0.5, 0.6) is 0 Å². The molecule has 0 saturated heterocycles. The molecule has 3 heteroatoms. The van der Waals surface area contributed by atoms with Crippen LogP contribution in [0.1, 0.15) is 0 Å². The van der Waals surface area contributed by atoms with E-state index in [1.165, 1.54) is 6.07 Å². The number of hydrogen-bond acceptors (Lipinski definition) is 0. The maximum absolute atomic E-state index is 12.9. The number of hydrogen-bond donors (Lipinski definition) is 0. The summed E-state index contributed by atoms with van der Waals surface area (Å²) in [5.74, 6) is 0. The van der Waals surface area contributed by atoms with Crippen LogP contribution in [0.2, 0.25) is 0 Å². The van der Waals surface area contributed by atoms with Crippen LogP contribution in [-0.4, -0.2) is 7.27 Å². The molecule has 17 heavy (non-hydrogen) atoms. The Morgan fingerprint density at radius 3 is 2.06 bits per heavy atom. The molecule has 82 valence electrons. The van der Waals surface area contributed by atoms with Crippen molar-refractivity contribution in [3.63, 3.8) is 0 Å². The van der Waals surface area contributed by atoms with Gasteiger partial charge in [0.1, 0.15) is 0 Å². The van der Waals surface area contributed by atoms with Gasteiger partial charge in [-0.2, -0.15) is 0 Å². The largest absolute Gasteiger partial charge is 0.572 e. The van der Waals surface area contributed by atoms with Gasteiger partial charge in [0.05, 0.1) is 0 Å². The van der Waals surface area contributed by atoms with Gasteiger partial charge in [0.15, 0.2) is 0 Å². The second kappa shape index (κ2) is 3.84. The Hall–Kier alpha value is -1.90. The summed E-state index contributed by atoms with van der Waals surface area (Å²) < 4.78 is 25.8. The number of benzene rings is 3. The molecule has 0 bridgehead atoms. The fraction of sp³-hybridized carbons (Fsp3) is 0. The summed E-state index contributed by atoms with van der Waals surface area (Å²) in [7, 11) is -2.43. The molecule has 0 saturated carbocycles. The summed E-state index contributed by atoms with van der Waals surface area (Å²) in [5.41, 5.74) is 0.105. The summed E-state index contributed by atoms with van der Waals surface area (Å²) in [6.45, 7) is 0. The van der Waals surface area contributed by atoms with Crippen LogP contribution < -0.4 is 5.46 Å². The van der Waals surface area contributed by atoms with Crippen molar-refractivity contribution in [1.82, 2.24) is 0 Å². The normalized spacial score (nSPS) is 10.9. The number of halogens is 2. The minimum Gasteiger partial charge on any atom is -0.281 e. The quantitative estimate of drug-likeness (QED) is 0.439. The Morgan fingerprint density at radius 1 is 0.706 bits per heavy atom. The zero-order valence-corrected chi connectivity index (χ0v) is 9.03. The first-order chi connectivity index (χ1) is 8.25. The van der Waals surface area contributed by atoms with Crippen molar-refractivity contribution in [3.05, 3.63) is 54.6 Å². The molecular weight excluding hydrogens is 217 g/mol. The molecular formula is C14H9BF2. The molecule has 0 fully saturated rings. The lowest BCUT2D eigenvalue weighted by atomic mass is 9.81. The number of fused-ring (bicyclic) bond motifs is 2. The Labute approximate surface area is 98.0 Å². The highest BCUT2D eigenvalue weighted by atomic mass is 19.2. The summed E-state index contributed by atoms with van der Waals surface area (Å²) in [4.78, 5) is 0. The maximum Gasteiger partial charge on any atom is 0.572 e. The van der Waals surface area contributed by atoms with Gasteiger partial charge >= 0.3 is 7.27 Å². The van der Waals surface area contributed by atoms with E-state index < -0.39 is 7.27 Å². The van der Waals surface area contributed by atoms with Crippen molar-refractivity contribution in [2.75, 3.05) is 0 Å². The molecule has 0 amide bonds. The van der Waals surface area contributed by atoms with E-state index in [1.807, 2.05) is 42.5 Å². The molecule has 0 N–H and O–H groups in total. The maximum atomic E-state index is 12.9. The van der Waals surface area contributed by atoms with Crippen LogP contribution in [0, 0.1) is 0 Å². The first-order valence-corrected chi connectivity index (χ1v) is 5.45. The van der Waals surface area contributed by atoms with E-state index >= 15 is 0 Å². The summed E-state index contributed by atoms with van der Waals surface area (Å²) in [6, 6.07) is 16.6. The van der Waals surface area contributed by atoms with Gasteiger partial charge in [-0.05, 0) is 39.1 Å². The highest BCUT2D eigenvalue weighted by Gasteiger charge is 2.18. The Bertz CT molecular complexity index is 692. The molecule has 0 aliphatic carbocycles. The van der Waals surface area contributed by atoms with Crippen LogP contribution in [0.25, 0.3) is 21.5 Å². The van der Waals surface area contributed by atoms with Crippen LogP contribution in [0.4, 0.5) is 8.63 Å². The highest BCUT2D eigenvalue weighted by molar-refractivity contribution is 6.63. The van der Waals surface area contributed by atoms with E-state index in [4.69, 9.17) is 0 Å². The van der Waals surface area contributed by atoms with E-state index in [9.17, 15) is 8.63 Å². The van der Waals surface area contributed by atoms with E-state index in [0.717, 1.165) is 16.2 Å². The lowest BCUT2D eigenvalue weighted by Crippen LogP contribution is -2.20. The average molecular weight is 226 g/mol. The third-order valence-corrected chi connectivity index (χ3v) is 3.02. The first kappa shape index (κ1) is 10.3. The molecule has 0 unspecified atom stereocenters. The van der Waals surface area contributed by atoms with Gasteiger partial charge < -0.3 is 0 Å². The standard InChI is InChI=1S/C14H9BF2/c16-15(17)14-7-3-6-12-8-10-4-1-2-5-11(10)9-13(12)14/h1-9H. The highest BCUT2D eigenvalue weighted by Crippen LogP contribution is 2.22. The predicted molar refractivity (Wildman–Crippen MR) is 69.1 cm³/mol. The van der Waals surface area contributed by atoms with Gasteiger partial charge in [0, 0.05) is 0 Å². The fourth-order valence-corrected chi connectivity index (χ4v) is 2.18. The fourth-order valence-electron chi connectivity index (χ4n) is 2.18. The van der Waals surface area contributed by atoms with E-state index in [-0.39, 0.29) is 5.46 Å². The van der Waals surface area contributed by atoms with E-state index in [0.29, 0.717) is 5.39 Å². The lowest BCUT2D eigenvalue weighted by Gasteiger charge is -2.06. The Morgan fingerprint density at radius 2 is 1.35 bits per heavy atom. The van der Waals surface area contributed by atoms with Gasteiger partial charge in [-0.3, -0.25) is 8.63 Å².